The van der Waals surface area contributed by atoms with Gasteiger partial charge in [0, 0.05) is 30.3 Å². The van der Waals surface area contributed by atoms with Crippen molar-refractivity contribution in [2.24, 2.45) is 4.99 Å². The number of aromatic nitrogens is 2. The molecule has 0 atom stereocenters. The highest BCUT2D eigenvalue weighted by Gasteiger charge is 2.17. The van der Waals surface area contributed by atoms with E-state index in [4.69, 9.17) is 9.40 Å². The Kier molecular flexibility index (Phi) is 6.58. The molecule has 0 fully saturated rings. The molecular formula is C18H29N5OS. The van der Waals surface area contributed by atoms with Crippen LogP contribution in [0.5, 0.6) is 0 Å². The van der Waals surface area contributed by atoms with Crippen molar-refractivity contribution in [1.82, 2.24) is 20.6 Å². The first-order chi connectivity index (χ1) is 11.8. The van der Waals surface area contributed by atoms with Gasteiger partial charge in [-0.25, -0.2) is 15.0 Å². The summed E-state index contributed by atoms with van der Waals surface area (Å²) in [5.41, 5.74) is 2.18. The molecule has 0 saturated heterocycles. The van der Waals surface area contributed by atoms with E-state index in [2.05, 4.69) is 46.8 Å². The van der Waals surface area contributed by atoms with Crippen LogP contribution in [0.2, 0.25) is 0 Å². The molecule has 0 aliphatic carbocycles. The van der Waals surface area contributed by atoms with E-state index in [1.54, 1.807) is 11.3 Å². The Hall–Kier alpha value is -1.89. The molecule has 2 aromatic heterocycles. The highest BCUT2D eigenvalue weighted by atomic mass is 32.1. The van der Waals surface area contributed by atoms with E-state index in [1.807, 2.05) is 20.8 Å². The molecule has 6 nitrogen and oxygen atoms in total. The summed E-state index contributed by atoms with van der Waals surface area (Å²) in [6.07, 6.45) is 0.877. The lowest BCUT2D eigenvalue weighted by molar-refractivity contribution is 0.473. The van der Waals surface area contributed by atoms with Crippen LogP contribution < -0.4 is 10.6 Å². The van der Waals surface area contributed by atoms with Gasteiger partial charge in [-0.1, -0.05) is 20.8 Å². The molecule has 2 rings (SSSR count). The zero-order valence-corrected chi connectivity index (χ0v) is 16.9. The molecule has 0 saturated carbocycles. The van der Waals surface area contributed by atoms with Crippen molar-refractivity contribution in [1.29, 1.82) is 0 Å². The van der Waals surface area contributed by atoms with Gasteiger partial charge in [-0.05, 0) is 20.8 Å². The number of thiazole rings is 1. The molecule has 2 heterocycles. The third kappa shape index (κ3) is 5.85. The zero-order chi connectivity index (χ0) is 18.4. The maximum atomic E-state index is 5.57. The molecule has 0 aromatic carbocycles. The van der Waals surface area contributed by atoms with Gasteiger partial charge in [-0.15, -0.1) is 11.3 Å². The molecule has 138 valence electrons. The molecule has 0 spiro atoms. The first-order valence-corrected chi connectivity index (χ1v) is 9.57. The Labute approximate surface area is 154 Å². The van der Waals surface area contributed by atoms with Crippen molar-refractivity contribution in [2.75, 3.05) is 13.1 Å². The quantitative estimate of drug-likeness (QED) is 0.608. The van der Waals surface area contributed by atoms with Crippen molar-refractivity contribution < 1.29 is 4.42 Å². The highest BCUT2D eigenvalue weighted by molar-refractivity contribution is 7.09. The van der Waals surface area contributed by atoms with E-state index in [9.17, 15) is 0 Å². The fourth-order valence-corrected chi connectivity index (χ4v) is 3.18. The summed E-state index contributed by atoms with van der Waals surface area (Å²) in [6, 6.07) is 0. The lowest BCUT2D eigenvalue weighted by Crippen LogP contribution is -2.38. The van der Waals surface area contributed by atoms with E-state index >= 15 is 0 Å². The fraction of sp³-hybridized carbons (Fsp3) is 0.611. The monoisotopic (exact) mass is 363 g/mol. The molecule has 0 aliphatic rings. The van der Waals surface area contributed by atoms with Gasteiger partial charge >= 0.3 is 0 Å². The highest BCUT2D eigenvalue weighted by Crippen LogP contribution is 2.23. The zero-order valence-electron chi connectivity index (χ0n) is 16.1. The summed E-state index contributed by atoms with van der Waals surface area (Å²) >= 11 is 1.72. The van der Waals surface area contributed by atoms with Gasteiger partial charge in [-0.2, -0.15) is 0 Å². The second-order valence-corrected chi connectivity index (χ2v) is 7.94. The first kappa shape index (κ1) is 19.4. The number of nitrogens with one attached hydrogen (secondary N) is 2. The predicted molar refractivity (Wildman–Crippen MR) is 103 cm³/mol. The summed E-state index contributed by atoms with van der Waals surface area (Å²) in [6.45, 7) is 14.5. The number of hydrogen-bond donors (Lipinski definition) is 2. The predicted octanol–water partition coefficient (Wildman–Crippen LogP) is 3.34. The number of guanidine groups is 1. The Bertz CT molecular complexity index is 692. The molecular weight excluding hydrogens is 334 g/mol. The van der Waals surface area contributed by atoms with E-state index in [0.29, 0.717) is 12.4 Å². The van der Waals surface area contributed by atoms with Crippen LogP contribution in [0.1, 0.15) is 55.7 Å². The lowest BCUT2D eigenvalue weighted by atomic mass is 9.93. The van der Waals surface area contributed by atoms with Gasteiger partial charge in [0.25, 0.3) is 0 Å². The van der Waals surface area contributed by atoms with E-state index < -0.39 is 0 Å². The third-order valence-electron chi connectivity index (χ3n) is 3.74. The molecule has 0 aliphatic heterocycles. The van der Waals surface area contributed by atoms with E-state index in [-0.39, 0.29) is 5.41 Å². The molecule has 0 bridgehead atoms. The van der Waals surface area contributed by atoms with Crippen molar-refractivity contribution in [3.63, 3.8) is 0 Å². The van der Waals surface area contributed by atoms with Gasteiger partial charge in [0.2, 0.25) is 5.89 Å². The topological polar surface area (TPSA) is 75.3 Å². The Morgan fingerprint density at radius 1 is 1.24 bits per heavy atom. The number of rotatable bonds is 6. The van der Waals surface area contributed by atoms with Gasteiger partial charge in [0.1, 0.15) is 12.3 Å². The average Bonchev–Trinajstić information content (AvgIpc) is 3.12. The number of aryl methyl sites for hydroxylation is 2. The first-order valence-electron chi connectivity index (χ1n) is 8.69. The molecule has 0 radical (unpaired) electrons. The number of nitrogens with zero attached hydrogens (tertiary/aromatic N) is 3. The number of oxazole rings is 1. The van der Waals surface area contributed by atoms with E-state index in [0.717, 1.165) is 47.6 Å². The van der Waals surface area contributed by atoms with Crippen molar-refractivity contribution in [2.45, 2.75) is 59.9 Å². The number of aliphatic imine (C=N–C) groups is 1. The van der Waals surface area contributed by atoms with Crippen LogP contribution in [0.3, 0.4) is 0 Å². The van der Waals surface area contributed by atoms with Crippen molar-refractivity contribution in [3.05, 3.63) is 33.4 Å². The Morgan fingerprint density at radius 2 is 2.00 bits per heavy atom. The van der Waals surface area contributed by atoms with Gasteiger partial charge in [0.15, 0.2) is 5.96 Å². The van der Waals surface area contributed by atoms with Crippen LogP contribution in [0.25, 0.3) is 0 Å². The van der Waals surface area contributed by atoms with Gasteiger partial charge in [0.05, 0.1) is 16.4 Å². The largest absolute Gasteiger partial charge is 0.444 e. The standard InChI is InChI=1S/C18H29N5OS/c1-7-19-17(21-10-15-22-12(2)13(3)24-15)20-9-8-16-23-14(11-25-16)18(4,5)6/h11H,7-10H2,1-6H3,(H2,19,20,21). The SMILES string of the molecule is CCNC(=NCc1nc(C)c(C)o1)NCCc1nc(C(C)(C)C)cs1. The smallest absolute Gasteiger partial charge is 0.216 e. The molecule has 2 aromatic rings. The van der Waals surface area contributed by atoms with Crippen LogP contribution in [-0.4, -0.2) is 29.0 Å². The minimum absolute atomic E-state index is 0.102. The van der Waals surface area contributed by atoms with Crippen LogP contribution in [0.4, 0.5) is 0 Å². The summed E-state index contributed by atoms with van der Waals surface area (Å²) in [4.78, 5) is 13.6. The Morgan fingerprint density at radius 3 is 2.56 bits per heavy atom. The summed E-state index contributed by atoms with van der Waals surface area (Å²) in [5, 5.41) is 9.89. The fourth-order valence-electron chi connectivity index (χ4n) is 2.15. The maximum absolute atomic E-state index is 5.57. The third-order valence-corrected chi connectivity index (χ3v) is 4.65. The molecule has 2 N–H and O–H groups in total. The number of hydrogen-bond acceptors (Lipinski definition) is 5. The normalized spacial score (nSPS) is 12.5. The van der Waals surface area contributed by atoms with Crippen molar-refractivity contribution >= 4 is 17.3 Å². The van der Waals surface area contributed by atoms with Gasteiger partial charge < -0.3 is 15.1 Å². The average molecular weight is 364 g/mol. The maximum Gasteiger partial charge on any atom is 0.216 e. The second kappa shape index (κ2) is 8.47. The van der Waals surface area contributed by atoms with E-state index in [1.165, 1.54) is 0 Å². The molecule has 25 heavy (non-hydrogen) atoms. The molecule has 7 heteroatoms. The second-order valence-electron chi connectivity index (χ2n) is 7.00. The van der Waals surface area contributed by atoms with Crippen LogP contribution in [-0.2, 0) is 18.4 Å². The summed E-state index contributed by atoms with van der Waals surface area (Å²) in [5.74, 6) is 2.26. The van der Waals surface area contributed by atoms with Crippen LogP contribution >= 0.6 is 11.3 Å². The minimum atomic E-state index is 0.102. The molecule has 0 unspecified atom stereocenters. The lowest BCUT2D eigenvalue weighted by Gasteiger charge is -2.14. The van der Waals surface area contributed by atoms with Crippen LogP contribution in [0, 0.1) is 13.8 Å². The van der Waals surface area contributed by atoms with Crippen molar-refractivity contribution in [3.8, 4) is 0 Å². The molecule has 0 amide bonds. The van der Waals surface area contributed by atoms with Gasteiger partial charge in [-0.3, -0.25) is 0 Å². The minimum Gasteiger partial charge on any atom is -0.444 e. The Balaban J connectivity index is 1.88. The van der Waals surface area contributed by atoms with Crippen LogP contribution in [0.15, 0.2) is 14.8 Å². The summed E-state index contributed by atoms with van der Waals surface area (Å²) < 4.78 is 5.57. The summed E-state index contributed by atoms with van der Waals surface area (Å²) in [7, 11) is 0.